The van der Waals surface area contributed by atoms with E-state index in [1.54, 1.807) is 13.2 Å². The normalized spacial score (nSPS) is 10.3. The van der Waals surface area contributed by atoms with E-state index in [0.717, 1.165) is 16.7 Å². The average molecular weight is 389 g/mol. The number of carbonyl (C=O) groups is 2. The van der Waals surface area contributed by atoms with Crippen LogP contribution in [0.25, 0.3) is 0 Å². The van der Waals surface area contributed by atoms with Crippen LogP contribution in [0, 0.1) is 6.92 Å². The van der Waals surface area contributed by atoms with Gasteiger partial charge in [-0.3, -0.25) is 14.6 Å². The third-order valence-corrected chi connectivity index (χ3v) is 4.42. The average Bonchev–Trinajstić information content (AvgIpc) is 2.76. The number of benzene rings is 2. The molecule has 0 fully saturated rings. The number of ether oxygens (including phenoxy) is 1. The van der Waals surface area contributed by atoms with Crippen molar-refractivity contribution in [1.82, 2.24) is 15.6 Å². The van der Waals surface area contributed by atoms with Crippen molar-refractivity contribution in [3.8, 4) is 5.75 Å². The molecule has 0 bridgehead atoms. The van der Waals surface area contributed by atoms with Gasteiger partial charge < -0.3 is 15.4 Å². The fraction of sp³-hybridized carbons (Fsp3) is 0.174. The Hall–Kier alpha value is -3.67. The van der Waals surface area contributed by atoms with Crippen LogP contribution in [0.5, 0.6) is 5.75 Å². The highest BCUT2D eigenvalue weighted by molar-refractivity contribution is 5.98. The standard InChI is InChI=1S/C23H23N3O3/c1-16-6-5-7-17(12-16)14-25-23(28)20-13-18(10-11-24-20)22(27)26-15-19-8-3-4-9-21(19)29-2/h3-13H,14-15H2,1-2H3,(H,25,28)(H,26,27). The fourth-order valence-corrected chi connectivity index (χ4v) is 2.92. The molecular formula is C23H23N3O3. The second-order valence-corrected chi connectivity index (χ2v) is 6.60. The van der Waals surface area contributed by atoms with Gasteiger partial charge >= 0.3 is 0 Å². The second-order valence-electron chi connectivity index (χ2n) is 6.60. The van der Waals surface area contributed by atoms with Crippen LogP contribution in [0.15, 0.2) is 66.9 Å². The van der Waals surface area contributed by atoms with Crippen LogP contribution in [0.4, 0.5) is 0 Å². The van der Waals surface area contributed by atoms with E-state index in [2.05, 4.69) is 15.6 Å². The molecule has 0 saturated heterocycles. The molecule has 6 nitrogen and oxygen atoms in total. The molecule has 0 unspecified atom stereocenters. The van der Waals surface area contributed by atoms with Gasteiger partial charge in [0, 0.05) is 30.4 Å². The molecule has 1 aromatic heterocycles. The monoisotopic (exact) mass is 389 g/mol. The summed E-state index contributed by atoms with van der Waals surface area (Å²) in [5, 5.41) is 5.67. The Kier molecular flexibility index (Phi) is 6.58. The van der Waals surface area contributed by atoms with Crippen molar-refractivity contribution in [1.29, 1.82) is 0 Å². The number of para-hydroxylation sites is 1. The molecule has 0 saturated carbocycles. The van der Waals surface area contributed by atoms with Gasteiger partial charge in [0.1, 0.15) is 11.4 Å². The lowest BCUT2D eigenvalue weighted by Crippen LogP contribution is -2.26. The number of hydrogen-bond acceptors (Lipinski definition) is 4. The molecule has 0 aliphatic heterocycles. The smallest absolute Gasteiger partial charge is 0.270 e. The minimum atomic E-state index is -0.328. The van der Waals surface area contributed by atoms with Crippen LogP contribution >= 0.6 is 0 Å². The van der Waals surface area contributed by atoms with Gasteiger partial charge in [-0.25, -0.2) is 0 Å². The molecule has 29 heavy (non-hydrogen) atoms. The predicted molar refractivity (Wildman–Crippen MR) is 111 cm³/mol. The van der Waals surface area contributed by atoms with Crippen LogP contribution in [0.3, 0.4) is 0 Å². The molecule has 148 valence electrons. The summed E-state index contributed by atoms with van der Waals surface area (Å²) in [6, 6.07) is 18.4. The van der Waals surface area contributed by atoms with Crippen molar-refractivity contribution in [2.45, 2.75) is 20.0 Å². The molecule has 2 aromatic carbocycles. The number of aryl methyl sites for hydroxylation is 1. The van der Waals surface area contributed by atoms with Crippen molar-refractivity contribution >= 4 is 11.8 Å². The van der Waals surface area contributed by atoms with Crippen LogP contribution in [0.1, 0.15) is 37.5 Å². The Labute approximate surface area is 169 Å². The fourth-order valence-electron chi connectivity index (χ4n) is 2.92. The van der Waals surface area contributed by atoms with Gasteiger partial charge in [-0.1, -0.05) is 48.0 Å². The van der Waals surface area contributed by atoms with Crippen LogP contribution in [-0.2, 0) is 13.1 Å². The van der Waals surface area contributed by atoms with Crippen molar-refractivity contribution in [2.75, 3.05) is 7.11 Å². The van der Waals surface area contributed by atoms with Crippen LogP contribution in [-0.4, -0.2) is 23.9 Å². The molecule has 0 atom stereocenters. The number of carbonyl (C=O) groups excluding carboxylic acids is 2. The molecule has 2 N–H and O–H groups in total. The van der Waals surface area contributed by atoms with Gasteiger partial charge in [-0.2, -0.15) is 0 Å². The molecule has 1 heterocycles. The molecular weight excluding hydrogens is 366 g/mol. The number of aromatic nitrogens is 1. The Bertz CT molecular complexity index is 1020. The third-order valence-electron chi connectivity index (χ3n) is 4.42. The van der Waals surface area contributed by atoms with E-state index >= 15 is 0 Å². The predicted octanol–water partition coefficient (Wildman–Crippen LogP) is 3.26. The maximum Gasteiger partial charge on any atom is 0.270 e. The SMILES string of the molecule is COc1ccccc1CNC(=O)c1ccnc(C(=O)NCc2cccc(C)c2)c1. The number of hydrogen-bond donors (Lipinski definition) is 2. The Balaban J connectivity index is 1.62. The van der Waals surface area contributed by atoms with Gasteiger partial charge in [-0.05, 0) is 30.7 Å². The quantitative estimate of drug-likeness (QED) is 0.650. The van der Waals surface area contributed by atoms with E-state index in [0.29, 0.717) is 24.4 Å². The summed E-state index contributed by atoms with van der Waals surface area (Å²) in [6.07, 6.45) is 1.46. The van der Waals surface area contributed by atoms with E-state index < -0.39 is 0 Å². The van der Waals surface area contributed by atoms with E-state index in [1.807, 2.05) is 55.5 Å². The molecule has 0 radical (unpaired) electrons. The lowest BCUT2D eigenvalue weighted by Gasteiger charge is -2.10. The molecule has 0 spiro atoms. The van der Waals surface area contributed by atoms with Gasteiger partial charge in [0.15, 0.2) is 0 Å². The first-order valence-corrected chi connectivity index (χ1v) is 9.26. The lowest BCUT2D eigenvalue weighted by molar-refractivity contribution is 0.0946. The highest BCUT2D eigenvalue weighted by atomic mass is 16.5. The number of amides is 2. The summed E-state index contributed by atoms with van der Waals surface area (Å²) in [6.45, 7) is 2.71. The zero-order chi connectivity index (χ0) is 20.6. The highest BCUT2D eigenvalue weighted by Crippen LogP contribution is 2.17. The summed E-state index contributed by atoms with van der Waals surface area (Å²) >= 11 is 0. The van der Waals surface area contributed by atoms with Crippen molar-refractivity contribution in [2.24, 2.45) is 0 Å². The van der Waals surface area contributed by atoms with Gasteiger partial charge in [0.05, 0.1) is 7.11 Å². The highest BCUT2D eigenvalue weighted by Gasteiger charge is 2.12. The maximum absolute atomic E-state index is 12.5. The molecule has 6 heteroatoms. The molecule has 3 aromatic rings. The Morgan fingerprint density at radius 3 is 2.52 bits per heavy atom. The number of pyridine rings is 1. The third kappa shape index (κ3) is 5.42. The number of nitrogens with zero attached hydrogens (tertiary/aromatic N) is 1. The first kappa shape index (κ1) is 20.1. The topological polar surface area (TPSA) is 80.3 Å². The van der Waals surface area contributed by atoms with Gasteiger partial charge in [-0.15, -0.1) is 0 Å². The summed E-state index contributed by atoms with van der Waals surface area (Å²) in [5.41, 5.74) is 3.57. The molecule has 0 aliphatic carbocycles. The lowest BCUT2D eigenvalue weighted by atomic mass is 10.1. The van der Waals surface area contributed by atoms with Gasteiger partial charge in [0.25, 0.3) is 11.8 Å². The minimum absolute atomic E-state index is 0.197. The van der Waals surface area contributed by atoms with E-state index in [9.17, 15) is 9.59 Å². The molecule has 3 rings (SSSR count). The van der Waals surface area contributed by atoms with E-state index in [-0.39, 0.29) is 17.5 Å². The summed E-state index contributed by atoms with van der Waals surface area (Å²) in [5.74, 6) is 0.0932. The zero-order valence-corrected chi connectivity index (χ0v) is 16.4. The number of nitrogens with one attached hydrogen (secondary N) is 2. The van der Waals surface area contributed by atoms with Crippen LogP contribution in [0.2, 0.25) is 0 Å². The maximum atomic E-state index is 12.5. The van der Waals surface area contributed by atoms with Gasteiger partial charge in [0.2, 0.25) is 0 Å². The van der Waals surface area contributed by atoms with E-state index in [4.69, 9.17) is 4.74 Å². The summed E-state index contributed by atoms with van der Waals surface area (Å²) in [7, 11) is 1.59. The molecule has 2 amide bonds. The van der Waals surface area contributed by atoms with E-state index in [1.165, 1.54) is 12.3 Å². The Morgan fingerprint density at radius 1 is 0.931 bits per heavy atom. The number of rotatable bonds is 7. The Morgan fingerprint density at radius 2 is 1.72 bits per heavy atom. The first-order valence-electron chi connectivity index (χ1n) is 9.26. The summed E-state index contributed by atoms with van der Waals surface area (Å²) in [4.78, 5) is 29.0. The largest absolute Gasteiger partial charge is 0.496 e. The van der Waals surface area contributed by atoms with Crippen molar-refractivity contribution in [3.05, 3.63) is 94.8 Å². The second kappa shape index (κ2) is 9.50. The first-order chi connectivity index (χ1) is 14.1. The number of methoxy groups -OCH3 is 1. The van der Waals surface area contributed by atoms with Crippen LogP contribution < -0.4 is 15.4 Å². The zero-order valence-electron chi connectivity index (χ0n) is 16.4. The van der Waals surface area contributed by atoms with Crippen molar-refractivity contribution in [3.63, 3.8) is 0 Å². The minimum Gasteiger partial charge on any atom is -0.496 e. The summed E-state index contributed by atoms with van der Waals surface area (Å²) < 4.78 is 5.29. The van der Waals surface area contributed by atoms with Crippen molar-refractivity contribution < 1.29 is 14.3 Å². The molecule has 0 aliphatic rings.